The molecule has 0 aromatic heterocycles. The molecular formula is C20H38. The van der Waals surface area contributed by atoms with E-state index in [1.165, 1.54) is 44.9 Å². The van der Waals surface area contributed by atoms with Crippen LogP contribution in [0.2, 0.25) is 0 Å². The standard InChI is InChI=1S/C20H38/c1-6-9-18-15(5)20-13-14(4)12-17(8-3)16(7-2)10-11-19(18)20/h14-20H,6-13H2,1-5H3. The number of fused-ring (bicyclic) bond motifs is 1. The van der Waals surface area contributed by atoms with Crippen LogP contribution in [0.5, 0.6) is 0 Å². The predicted molar refractivity (Wildman–Crippen MR) is 89.7 cm³/mol. The van der Waals surface area contributed by atoms with Crippen molar-refractivity contribution in [1.29, 1.82) is 0 Å². The van der Waals surface area contributed by atoms with E-state index in [-0.39, 0.29) is 0 Å². The van der Waals surface area contributed by atoms with Gasteiger partial charge in [-0.1, -0.05) is 60.3 Å². The molecule has 7 unspecified atom stereocenters. The highest BCUT2D eigenvalue weighted by Crippen LogP contribution is 2.55. The molecule has 2 rings (SSSR count). The van der Waals surface area contributed by atoms with Crippen LogP contribution in [0.25, 0.3) is 0 Å². The summed E-state index contributed by atoms with van der Waals surface area (Å²) in [7, 11) is 0. The van der Waals surface area contributed by atoms with Crippen molar-refractivity contribution in [3.63, 3.8) is 0 Å². The maximum absolute atomic E-state index is 2.56. The Morgan fingerprint density at radius 3 is 2.10 bits per heavy atom. The molecule has 118 valence electrons. The molecule has 0 aromatic rings. The van der Waals surface area contributed by atoms with E-state index in [1.54, 1.807) is 6.42 Å². The minimum absolute atomic E-state index is 0.963. The molecule has 0 saturated heterocycles. The molecule has 0 nitrogen and oxygen atoms in total. The van der Waals surface area contributed by atoms with E-state index in [0.717, 1.165) is 41.4 Å². The largest absolute Gasteiger partial charge is 0.0654 e. The van der Waals surface area contributed by atoms with Crippen molar-refractivity contribution in [3.05, 3.63) is 0 Å². The molecule has 0 heteroatoms. The molecule has 20 heavy (non-hydrogen) atoms. The number of hydrogen-bond donors (Lipinski definition) is 0. The average molecular weight is 279 g/mol. The van der Waals surface area contributed by atoms with Gasteiger partial charge in [-0.25, -0.2) is 0 Å². The normalized spacial score (nSPS) is 45.8. The van der Waals surface area contributed by atoms with Gasteiger partial charge >= 0.3 is 0 Å². The van der Waals surface area contributed by atoms with Gasteiger partial charge in [0.05, 0.1) is 0 Å². The summed E-state index contributed by atoms with van der Waals surface area (Å²) in [5.74, 6) is 7.21. The van der Waals surface area contributed by atoms with Gasteiger partial charge in [-0.3, -0.25) is 0 Å². The van der Waals surface area contributed by atoms with Crippen molar-refractivity contribution in [3.8, 4) is 0 Å². The minimum atomic E-state index is 0.963. The summed E-state index contributed by atoms with van der Waals surface area (Å²) in [5.41, 5.74) is 0. The quantitative estimate of drug-likeness (QED) is 0.547. The lowest BCUT2D eigenvalue weighted by Gasteiger charge is -2.52. The molecule has 2 aliphatic rings. The topological polar surface area (TPSA) is 0 Å². The van der Waals surface area contributed by atoms with E-state index in [2.05, 4.69) is 34.6 Å². The van der Waals surface area contributed by atoms with Crippen molar-refractivity contribution in [2.24, 2.45) is 41.4 Å². The summed E-state index contributed by atoms with van der Waals surface area (Å²) < 4.78 is 0. The first kappa shape index (κ1) is 16.4. The van der Waals surface area contributed by atoms with Crippen LogP contribution in [0.3, 0.4) is 0 Å². The fraction of sp³-hybridized carbons (Fsp3) is 1.00. The second-order valence-electron chi connectivity index (χ2n) is 8.13. The van der Waals surface area contributed by atoms with E-state index in [9.17, 15) is 0 Å². The van der Waals surface area contributed by atoms with Crippen LogP contribution in [0.4, 0.5) is 0 Å². The van der Waals surface area contributed by atoms with E-state index in [4.69, 9.17) is 0 Å². The molecule has 2 aliphatic carbocycles. The van der Waals surface area contributed by atoms with Crippen molar-refractivity contribution in [1.82, 2.24) is 0 Å². The zero-order chi connectivity index (χ0) is 14.7. The van der Waals surface area contributed by atoms with Gasteiger partial charge in [-0.15, -0.1) is 0 Å². The summed E-state index contributed by atoms with van der Waals surface area (Å²) in [6.45, 7) is 12.3. The first-order valence-electron chi connectivity index (χ1n) is 9.62. The Balaban J connectivity index is 2.07. The molecule has 0 radical (unpaired) electrons. The van der Waals surface area contributed by atoms with Crippen LogP contribution in [0, 0.1) is 41.4 Å². The van der Waals surface area contributed by atoms with Crippen LogP contribution < -0.4 is 0 Å². The third-order valence-corrected chi connectivity index (χ3v) is 7.04. The zero-order valence-electron chi connectivity index (χ0n) is 14.7. The Labute approximate surface area is 128 Å². The highest BCUT2D eigenvalue weighted by molar-refractivity contribution is 4.96. The molecule has 0 aliphatic heterocycles. The lowest BCUT2D eigenvalue weighted by atomic mass is 9.53. The van der Waals surface area contributed by atoms with Gasteiger partial charge < -0.3 is 0 Å². The molecule has 2 fully saturated rings. The zero-order valence-corrected chi connectivity index (χ0v) is 14.7. The first-order chi connectivity index (χ1) is 9.62. The SMILES string of the molecule is CCCC1C(C)C2CC(C)CC(CC)C(CC)CCC12. The summed E-state index contributed by atoms with van der Waals surface area (Å²) >= 11 is 0. The van der Waals surface area contributed by atoms with Crippen LogP contribution in [-0.4, -0.2) is 0 Å². The van der Waals surface area contributed by atoms with E-state index < -0.39 is 0 Å². The molecule has 2 saturated carbocycles. The van der Waals surface area contributed by atoms with Crippen molar-refractivity contribution < 1.29 is 0 Å². The van der Waals surface area contributed by atoms with Gasteiger partial charge in [0.1, 0.15) is 0 Å². The van der Waals surface area contributed by atoms with Gasteiger partial charge in [-0.2, -0.15) is 0 Å². The van der Waals surface area contributed by atoms with Crippen molar-refractivity contribution >= 4 is 0 Å². The fourth-order valence-electron chi connectivity index (χ4n) is 5.85. The molecular weight excluding hydrogens is 240 g/mol. The van der Waals surface area contributed by atoms with E-state index >= 15 is 0 Å². The monoisotopic (exact) mass is 278 g/mol. The van der Waals surface area contributed by atoms with Gasteiger partial charge in [0.15, 0.2) is 0 Å². The summed E-state index contributed by atoms with van der Waals surface area (Å²) in [6.07, 6.45) is 11.8. The highest BCUT2D eigenvalue weighted by atomic mass is 14.5. The van der Waals surface area contributed by atoms with Gasteiger partial charge in [0.25, 0.3) is 0 Å². The van der Waals surface area contributed by atoms with Crippen molar-refractivity contribution in [2.45, 2.75) is 86.0 Å². The second kappa shape index (κ2) is 7.32. The molecule has 7 atom stereocenters. The lowest BCUT2D eigenvalue weighted by Crippen LogP contribution is -2.45. The molecule has 0 bridgehead atoms. The van der Waals surface area contributed by atoms with Crippen LogP contribution in [-0.2, 0) is 0 Å². The Kier molecular flexibility index (Phi) is 5.99. The Morgan fingerprint density at radius 1 is 0.800 bits per heavy atom. The molecule has 0 spiro atoms. The Morgan fingerprint density at radius 2 is 1.50 bits per heavy atom. The lowest BCUT2D eigenvalue weighted by molar-refractivity contribution is -0.0357. The summed E-state index contributed by atoms with van der Waals surface area (Å²) in [6, 6.07) is 0. The van der Waals surface area contributed by atoms with Crippen LogP contribution >= 0.6 is 0 Å². The van der Waals surface area contributed by atoms with E-state index in [1.807, 2.05) is 0 Å². The third kappa shape index (κ3) is 3.25. The van der Waals surface area contributed by atoms with Crippen LogP contribution in [0.15, 0.2) is 0 Å². The number of hydrogen-bond acceptors (Lipinski definition) is 0. The highest BCUT2D eigenvalue weighted by Gasteiger charge is 2.47. The molecule has 0 amide bonds. The molecule has 0 N–H and O–H groups in total. The minimum Gasteiger partial charge on any atom is -0.0654 e. The fourth-order valence-corrected chi connectivity index (χ4v) is 5.85. The molecule has 0 aromatic carbocycles. The van der Waals surface area contributed by atoms with Gasteiger partial charge in [-0.05, 0) is 67.1 Å². The maximum Gasteiger partial charge on any atom is -0.0352 e. The first-order valence-corrected chi connectivity index (χ1v) is 9.62. The summed E-state index contributed by atoms with van der Waals surface area (Å²) in [5, 5.41) is 0. The van der Waals surface area contributed by atoms with Crippen molar-refractivity contribution in [2.75, 3.05) is 0 Å². The third-order valence-electron chi connectivity index (χ3n) is 7.04. The van der Waals surface area contributed by atoms with E-state index in [0.29, 0.717) is 0 Å². The Bertz CT molecular complexity index is 282. The smallest absolute Gasteiger partial charge is 0.0352 e. The number of rotatable bonds is 4. The van der Waals surface area contributed by atoms with Crippen LogP contribution in [0.1, 0.15) is 86.0 Å². The molecule has 0 heterocycles. The van der Waals surface area contributed by atoms with Gasteiger partial charge in [0.2, 0.25) is 0 Å². The maximum atomic E-state index is 2.56. The summed E-state index contributed by atoms with van der Waals surface area (Å²) in [4.78, 5) is 0. The average Bonchev–Trinajstić information content (AvgIpc) is 2.51. The second-order valence-corrected chi connectivity index (χ2v) is 8.13. The predicted octanol–water partition coefficient (Wildman–Crippen LogP) is 6.55. The van der Waals surface area contributed by atoms with Gasteiger partial charge in [0, 0.05) is 0 Å². The Hall–Kier alpha value is 0.